The first-order chi connectivity index (χ1) is 9.86. The Hall–Kier alpha value is -1.75. The molecular weight excluding hydrogens is 335 g/mol. The maximum atomic E-state index is 13.8. The van der Waals surface area contributed by atoms with Crippen LogP contribution < -0.4 is 15.8 Å². The standard InChI is InChI=1S/C16H18BrFN2O/c1-9(2)21-16-8-15(13(19)7-12(16)18)20-14-6-11(17)5-4-10(14)3/h4-9,20H,19H2,1-3H3. The van der Waals surface area contributed by atoms with E-state index in [1.165, 1.54) is 6.07 Å². The molecule has 0 heterocycles. The zero-order valence-electron chi connectivity index (χ0n) is 12.2. The van der Waals surface area contributed by atoms with Crippen LogP contribution >= 0.6 is 15.9 Å². The van der Waals surface area contributed by atoms with Crippen molar-refractivity contribution >= 4 is 33.0 Å². The Morgan fingerprint density at radius 2 is 1.90 bits per heavy atom. The molecule has 0 aliphatic carbocycles. The van der Waals surface area contributed by atoms with E-state index in [1.54, 1.807) is 6.07 Å². The van der Waals surface area contributed by atoms with Crippen LogP contribution in [-0.4, -0.2) is 6.10 Å². The summed E-state index contributed by atoms with van der Waals surface area (Å²) in [5.41, 5.74) is 8.81. The maximum Gasteiger partial charge on any atom is 0.167 e. The Kier molecular flexibility index (Phi) is 4.73. The molecule has 0 aliphatic rings. The largest absolute Gasteiger partial charge is 0.488 e. The van der Waals surface area contributed by atoms with Gasteiger partial charge in [-0.15, -0.1) is 0 Å². The highest BCUT2D eigenvalue weighted by molar-refractivity contribution is 9.10. The van der Waals surface area contributed by atoms with Crippen molar-refractivity contribution in [3.8, 4) is 5.75 Å². The molecule has 0 bridgehead atoms. The quantitative estimate of drug-likeness (QED) is 0.760. The number of nitrogen functional groups attached to an aromatic ring is 1. The second-order valence-electron chi connectivity index (χ2n) is 5.12. The summed E-state index contributed by atoms with van der Waals surface area (Å²) < 4.78 is 20.2. The lowest BCUT2D eigenvalue weighted by atomic mass is 10.1. The van der Waals surface area contributed by atoms with E-state index >= 15 is 0 Å². The van der Waals surface area contributed by atoms with Gasteiger partial charge in [-0.3, -0.25) is 0 Å². The molecule has 0 saturated carbocycles. The topological polar surface area (TPSA) is 47.3 Å². The lowest BCUT2D eigenvalue weighted by Crippen LogP contribution is -2.08. The average Bonchev–Trinajstić information content (AvgIpc) is 2.39. The van der Waals surface area contributed by atoms with Gasteiger partial charge in [-0.1, -0.05) is 22.0 Å². The van der Waals surface area contributed by atoms with Crippen LogP contribution in [0, 0.1) is 12.7 Å². The van der Waals surface area contributed by atoms with Gasteiger partial charge in [0.1, 0.15) is 0 Å². The lowest BCUT2D eigenvalue weighted by molar-refractivity contribution is 0.231. The molecule has 21 heavy (non-hydrogen) atoms. The van der Waals surface area contributed by atoms with E-state index in [-0.39, 0.29) is 11.9 Å². The second kappa shape index (κ2) is 6.35. The third-order valence-corrected chi connectivity index (χ3v) is 3.43. The smallest absolute Gasteiger partial charge is 0.167 e. The van der Waals surface area contributed by atoms with Gasteiger partial charge in [0.25, 0.3) is 0 Å². The van der Waals surface area contributed by atoms with Gasteiger partial charge in [0.05, 0.1) is 17.5 Å². The molecule has 0 spiro atoms. The first kappa shape index (κ1) is 15.6. The highest BCUT2D eigenvalue weighted by Gasteiger charge is 2.11. The summed E-state index contributed by atoms with van der Waals surface area (Å²) in [6.07, 6.45) is -0.108. The summed E-state index contributed by atoms with van der Waals surface area (Å²) in [7, 11) is 0. The fourth-order valence-corrected chi connectivity index (χ4v) is 2.26. The van der Waals surface area contributed by atoms with Crippen LogP contribution in [0.1, 0.15) is 19.4 Å². The zero-order chi connectivity index (χ0) is 15.6. The van der Waals surface area contributed by atoms with Crippen LogP contribution in [0.2, 0.25) is 0 Å². The Morgan fingerprint density at radius 3 is 2.57 bits per heavy atom. The number of ether oxygens (including phenoxy) is 1. The van der Waals surface area contributed by atoms with Gasteiger partial charge >= 0.3 is 0 Å². The fourth-order valence-electron chi connectivity index (χ4n) is 1.90. The molecule has 112 valence electrons. The first-order valence-electron chi connectivity index (χ1n) is 6.65. The molecule has 3 nitrogen and oxygen atoms in total. The first-order valence-corrected chi connectivity index (χ1v) is 7.45. The average molecular weight is 353 g/mol. The predicted molar refractivity (Wildman–Crippen MR) is 88.7 cm³/mol. The van der Waals surface area contributed by atoms with E-state index in [4.69, 9.17) is 10.5 Å². The van der Waals surface area contributed by atoms with E-state index in [0.29, 0.717) is 11.4 Å². The predicted octanol–water partition coefficient (Wildman–Crippen LogP) is 5.01. The molecule has 0 saturated heterocycles. The van der Waals surface area contributed by atoms with Crippen LogP contribution in [0.25, 0.3) is 0 Å². The summed E-state index contributed by atoms with van der Waals surface area (Å²) >= 11 is 3.43. The minimum atomic E-state index is -0.460. The van der Waals surface area contributed by atoms with Crippen molar-refractivity contribution in [3.63, 3.8) is 0 Å². The molecule has 5 heteroatoms. The molecule has 0 aliphatic heterocycles. The molecule has 0 amide bonds. The highest BCUT2D eigenvalue weighted by atomic mass is 79.9. The normalized spacial score (nSPS) is 10.8. The summed E-state index contributed by atoms with van der Waals surface area (Å²) in [6, 6.07) is 8.75. The lowest BCUT2D eigenvalue weighted by Gasteiger charge is -2.16. The van der Waals surface area contributed by atoms with Crippen molar-refractivity contribution in [3.05, 3.63) is 46.2 Å². The molecule has 2 aromatic rings. The minimum absolute atomic E-state index is 0.108. The van der Waals surface area contributed by atoms with Gasteiger partial charge in [0.2, 0.25) is 0 Å². The van der Waals surface area contributed by atoms with Gasteiger partial charge in [0, 0.05) is 22.3 Å². The number of hydrogen-bond donors (Lipinski definition) is 2. The summed E-state index contributed by atoms with van der Waals surface area (Å²) in [4.78, 5) is 0. The number of rotatable bonds is 4. The Balaban J connectivity index is 2.37. The Labute approximate surface area is 132 Å². The monoisotopic (exact) mass is 352 g/mol. The number of nitrogens with two attached hydrogens (primary N) is 1. The summed E-state index contributed by atoms with van der Waals surface area (Å²) in [5, 5.41) is 3.22. The van der Waals surface area contributed by atoms with Crippen LogP contribution in [0.5, 0.6) is 5.75 Å². The van der Waals surface area contributed by atoms with Gasteiger partial charge in [-0.05, 0) is 38.5 Å². The molecule has 2 rings (SSSR count). The SMILES string of the molecule is Cc1ccc(Br)cc1Nc1cc(OC(C)C)c(F)cc1N. The van der Waals surface area contributed by atoms with Crippen LogP contribution in [0.3, 0.4) is 0 Å². The van der Waals surface area contributed by atoms with Crippen molar-refractivity contribution in [2.45, 2.75) is 26.9 Å². The van der Waals surface area contributed by atoms with Gasteiger partial charge in [-0.2, -0.15) is 0 Å². The molecule has 0 fully saturated rings. The minimum Gasteiger partial charge on any atom is -0.488 e. The van der Waals surface area contributed by atoms with Gasteiger partial charge in [-0.25, -0.2) is 4.39 Å². The highest BCUT2D eigenvalue weighted by Crippen LogP contribution is 2.32. The number of anilines is 3. The van der Waals surface area contributed by atoms with Crippen molar-refractivity contribution in [1.29, 1.82) is 0 Å². The molecule has 3 N–H and O–H groups in total. The maximum absolute atomic E-state index is 13.8. The third-order valence-electron chi connectivity index (χ3n) is 2.94. The van der Waals surface area contributed by atoms with Crippen LogP contribution in [0.4, 0.5) is 21.5 Å². The van der Waals surface area contributed by atoms with Crippen LogP contribution in [0.15, 0.2) is 34.8 Å². The molecular formula is C16H18BrFN2O. The van der Waals surface area contributed by atoms with E-state index < -0.39 is 5.82 Å². The second-order valence-corrected chi connectivity index (χ2v) is 6.04. The summed E-state index contributed by atoms with van der Waals surface area (Å²) in [6.45, 7) is 5.68. The Bertz CT molecular complexity index is 659. The number of nitrogens with one attached hydrogen (secondary N) is 1. The third kappa shape index (κ3) is 3.88. The number of aryl methyl sites for hydroxylation is 1. The van der Waals surface area contributed by atoms with E-state index in [0.717, 1.165) is 15.7 Å². The molecule has 2 aromatic carbocycles. The molecule has 0 aromatic heterocycles. The fraction of sp³-hybridized carbons (Fsp3) is 0.250. The summed E-state index contributed by atoms with van der Waals surface area (Å²) in [5.74, 6) is -0.271. The van der Waals surface area contributed by atoms with Gasteiger partial charge in [0.15, 0.2) is 11.6 Å². The molecule has 0 unspecified atom stereocenters. The van der Waals surface area contributed by atoms with Crippen molar-refractivity contribution in [1.82, 2.24) is 0 Å². The van der Waals surface area contributed by atoms with Crippen molar-refractivity contribution < 1.29 is 9.13 Å². The van der Waals surface area contributed by atoms with E-state index in [9.17, 15) is 4.39 Å². The van der Waals surface area contributed by atoms with Crippen LogP contribution in [-0.2, 0) is 0 Å². The van der Waals surface area contributed by atoms with E-state index in [2.05, 4.69) is 21.2 Å². The molecule has 0 radical (unpaired) electrons. The van der Waals surface area contributed by atoms with Crippen molar-refractivity contribution in [2.75, 3.05) is 11.1 Å². The van der Waals surface area contributed by atoms with E-state index in [1.807, 2.05) is 39.0 Å². The molecule has 0 atom stereocenters. The number of halogens is 2. The Morgan fingerprint density at radius 1 is 1.19 bits per heavy atom. The van der Waals surface area contributed by atoms with Crippen molar-refractivity contribution in [2.24, 2.45) is 0 Å². The van der Waals surface area contributed by atoms with Gasteiger partial charge < -0.3 is 15.8 Å². The number of hydrogen-bond acceptors (Lipinski definition) is 3. The zero-order valence-corrected chi connectivity index (χ0v) is 13.8. The number of benzene rings is 2.